The molecule has 4 saturated carbocycles. The Morgan fingerprint density at radius 1 is 0.552 bits per heavy atom. The van der Waals surface area contributed by atoms with E-state index in [1.807, 2.05) is 0 Å². The number of fused-ring (bicyclic) bond motifs is 2. The van der Waals surface area contributed by atoms with Crippen LogP contribution in [0.5, 0.6) is 0 Å². The van der Waals surface area contributed by atoms with Crippen LogP contribution in [0.4, 0.5) is 0 Å². The van der Waals surface area contributed by atoms with E-state index in [9.17, 15) is 5.53 Å². The Labute approximate surface area is 361 Å². The summed E-state index contributed by atoms with van der Waals surface area (Å²) < 4.78 is 0.0000840. The van der Waals surface area contributed by atoms with Gasteiger partial charge in [-0.05, 0) is 167 Å². The number of rotatable bonds is 4. The van der Waals surface area contributed by atoms with Crippen LogP contribution >= 0.6 is 37.9 Å². The van der Waals surface area contributed by atoms with Gasteiger partial charge in [0, 0.05) is 25.4 Å². The standard InChI is InChI=1S/C53H52N2S3/c1-32-22-37(17-16-36-18-20-38(21-19-36)50-26-51(56)29-52(57,27-50)31-53(58,28-50)30-51)23-33(2)45(32)48(55-54)47-42-14-10-8-12-40(42)46(41-13-9-11-15-43(41)47)44-34(3)24-39(25-35(44)4)49(5,6)7/h8-15,18-25,56-58H,26-31H2,1-7H3. The maximum atomic E-state index is 11.0. The average molecular weight is 813 g/mol. The van der Waals surface area contributed by atoms with Crippen LogP contribution in [0, 0.1) is 39.5 Å². The molecule has 0 atom stereocenters. The van der Waals surface area contributed by atoms with E-state index in [1.54, 1.807) is 0 Å². The maximum absolute atomic E-state index is 11.0. The van der Waals surface area contributed by atoms with Gasteiger partial charge in [-0.3, -0.25) is 0 Å². The summed E-state index contributed by atoms with van der Waals surface area (Å²) in [6.45, 7) is 15.5. The lowest BCUT2D eigenvalue weighted by Crippen LogP contribution is -2.66. The highest BCUT2D eigenvalue weighted by atomic mass is 32.1. The van der Waals surface area contributed by atoms with Crippen molar-refractivity contribution in [2.24, 2.45) is 0 Å². The monoisotopic (exact) mass is 812 g/mol. The van der Waals surface area contributed by atoms with E-state index in [1.165, 1.54) is 33.4 Å². The van der Waals surface area contributed by atoms with Crippen molar-refractivity contribution < 1.29 is 4.79 Å². The molecule has 292 valence electrons. The topological polar surface area (TPSA) is 36.4 Å². The fourth-order valence-electron chi connectivity index (χ4n) is 11.9. The van der Waals surface area contributed by atoms with Crippen molar-refractivity contribution in [3.63, 3.8) is 0 Å². The molecule has 0 aliphatic heterocycles. The summed E-state index contributed by atoms with van der Waals surface area (Å²) in [4.78, 5) is 4.10. The summed E-state index contributed by atoms with van der Waals surface area (Å²) >= 11 is 15.7. The summed E-state index contributed by atoms with van der Waals surface area (Å²) in [5, 5.41) is 4.39. The Morgan fingerprint density at radius 3 is 1.45 bits per heavy atom. The third kappa shape index (κ3) is 6.56. The molecular weight excluding hydrogens is 761 g/mol. The van der Waals surface area contributed by atoms with Crippen LogP contribution in [-0.4, -0.2) is 24.7 Å². The Balaban J connectivity index is 1.09. The van der Waals surface area contributed by atoms with Crippen molar-refractivity contribution in [1.82, 2.24) is 0 Å². The Hall–Kier alpha value is -4.17. The van der Waals surface area contributed by atoms with E-state index in [2.05, 4.69) is 162 Å². The minimum absolute atomic E-state index is 0.0000280. The van der Waals surface area contributed by atoms with Gasteiger partial charge in [0.2, 0.25) is 0 Å². The first-order valence-electron chi connectivity index (χ1n) is 20.6. The zero-order chi connectivity index (χ0) is 41.0. The number of thiol groups is 3. The molecule has 0 heterocycles. The number of nitrogens with zero attached hydrogens (tertiary/aromatic N) is 2. The smallest absolute Gasteiger partial charge is 0.331 e. The highest BCUT2D eigenvalue weighted by molar-refractivity contribution is 7.84. The highest BCUT2D eigenvalue weighted by Gasteiger charge is 2.66. The number of hydrogen-bond acceptors (Lipinski definition) is 3. The van der Waals surface area contributed by atoms with E-state index >= 15 is 0 Å². The molecule has 10 rings (SSSR count). The van der Waals surface area contributed by atoms with E-state index in [0.717, 1.165) is 93.5 Å². The van der Waals surface area contributed by atoms with Gasteiger partial charge in [0.05, 0.1) is 11.1 Å². The van der Waals surface area contributed by atoms with Crippen LogP contribution in [0.1, 0.15) is 115 Å². The first-order chi connectivity index (χ1) is 27.4. The highest BCUT2D eigenvalue weighted by Crippen LogP contribution is 2.70. The Kier molecular flexibility index (Phi) is 9.27. The lowest BCUT2D eigenvalue weighted by atomic mass is 9.47. The number of hydrogen-bond donors (Lipinski definition) is 3. The summed E-state index contributed by atoms with van der Waals surface area (Å²) in [7, 11) is 0. The fourth-order valence-corrected chi connectivity index (χ4v) is 15.0. The predicted molar refractivity (Wildman–Crippen MR) is 255 cm³/mol. The van der Waals surface area contributed by atoms with Gasteiger partial charge in [0.15, 0.2) is 0 Å². The molecule has 4 bridgehead atoms. The van der Waals surface area contributed by atoms with Gasteiger partial charge in [0.1, 0.15) is 0 Å². The molecule has 6 aromatic rings. The Bertz CT molecular complexity index is 2670. The lowest BCUT2D eigenvalue weighted by molar-refractivity contribution is -0.00264. The van der Waals surface area contributed by atoms with Crippen molar-refractivity contribution in [1.29, 1.82) is 0 Å². The van der Waals surface area contributed by atoms with Crippen LogP contribution in [-0.2, 0) is 10.8 Å². The van der Waals surface area contributed by atoms with E-state index < -0.39 is 0 Å². The molecule has 5 heteroatoms. The third-order valence-corrected chi connectivity index (χ3v) is 14.9. The molecule has 6 aromatic carbocycles. The molecule has 0 amide bonds. The minimum Gasteiger partial charge on any atom is -0.361 e. The van der Waals surface area contributed by atoms with Crippen molar-refractivity contribution in [3.8, 4) is 23.0 Å². The van der Waals surface area contributed by atoms with E-state index in [-0.39, 0.29) is 25.1 Å². The van der Waals surface area contributed by atoms with Crippen LogP contribution in [0.2, 0.25) is 0 Å². The van der Waals surface area contributed by atoms with Gasteiger partial charge in [-0.1, -0.05) is 105 Å². The second-order valence-electron chi connectivity index (χ2n) is 19.4. The van der Waals surface area contributed by atoms with Gasteiger partial charge < -0.3 is 5.53 Å². The zero-order valence-electron chi connectivity index (χ0n) is 34.7. The molecule has 0 N–H and O–H groups in total. The molecule has 0 spiro atoms. The van der Waals surface area contributed by atoms with Crippen LogP contribution in [0.3, 0.4) is 0 Å². The zero-order valence-corrected chi connectivity index (χ0v) is 37.4. The van der Waals surface area contributed by atoms with Crippen molar-refractivity contribution in [3.05, 3.63) is 158 Å². The van der Waals surface area contributed by atoms with Gasteiger partial charge in [-0.2, -0.15) is 42.7 Å². The molecule has 4 aliphatic carbocycles. The second kappa shape index (κ2) is 13.7. The summed E-state index contributed by atoms with van der Waals surface area (Å²) in [5.41, 5.74) is 25.2. The molecule has 2 nitrogen and oxygen atoms in total. The van der Waals surface area contributed by atoms with Crippen LogP contribution in [0.15, 0.2) is 97.1 Å². The van der Waals surface area contributed by atoms with Crippen molar-refractivity contribution >= 4 is 65.1 Å². The number of benzene rings is 6. The van der Waals surface area contributed by atoms with Crippen LogP contribution < -0.4 is 0 Å². The van der Waals surface area contributed by atoms with E-state index in [0.29, 0.717) is 5.71 Å². The minimum atomic E-state index is 0.0000280. The summed E-state index contributed by atoms with van der Waals surface area (Å²) in [6, 6.07) is 35.0. The van der Waals surface area contributed by atoms with Crippen LogP contribution in [0.25, 0.3) is 38.2 Å². The summed E-state index contributed by atoms with van der Waals surface area (Å²) in [5.74, 6) is 6.91. The molecule has 0 unspecified atom stereocenters. The van der Waals surface area contributed by atoms with Gasteiger partial charge >= 0.3 is 5.71 Å². The first kappa shape index (κ1) is 39.3. The van der Waals surface area contributed by atoms with Gasteiger partial charge in [-0.25, -0.2) is 0 Å². The molecule has 4 aliphatic rings. The Morgan fingerprint density at radius 2 is 1.00 bits per heavy atom. The number of aryl methyl sites for hydroxylation is 4. The summed E-state index contributed by atoms with van der Waals surface area (Å²) in [6.07, 6.45) is 6.45. The second-order valence-corrected chi connectivity index (χ2v) is 22.2. The van der Waals surface area contributed by atoms with Gasteiger partial charge in [-0.15, -0.1) is 0 Å². The third-order valence-electron chi connectivity index (χ3n) is 13.5. The molecule has 4 fully saturated rings. The van der Waals surface area contributed by atoms with Crippen molar-refractivity contribution in [2.75, 3.05) is 0 Å². The molecule has 0 saturated heterocycles. The predicted octanol–water partition coefficient (Wildman–Crippen LogP) is 13.3. The van der Waals surface area contributed by atoms with Crippen molar-refractivity contribution in [2.45, 2.75) is 112 Å². The quantitative estimate of drug-likeness (QED) is 0.0396. The lowest BCUT2D eigenvalue weighted by Gasteiger charge is -2.67. The van der Waals surface area contributed by atoms with E-state index in [4.69, 9.17) is 37.9 Å². The molecule has 58 heavy (non-hydrogen) atoms. The molecule has 0 aromatic heterocycles. The SMILES string of the molecule is Cc1cc(C#Cc2ccc(C34CC5(S)CC(S)(CC(S)(C5)C3)C4)cc2)cc(C)c1C(=[N+]=[N-])c1c2ccccc2c(-c2c(C)cc(C(C)(C)C)cc2C)c2ccccc12. The average Bonchev–Trinajstić information content (AvgIpc) is 3.13. The largest absolute Gasteiger partial charge is 0.361 e. The molecule has 0 radical (unpaired) electrons. The molecular formula is C53H52N2S3. The maximum Gasteiger partial charge on any atom is 0.331 e. The fraction of sp³-hybridized carbons (Fsp3) is 0.340. The first-order valence-corrected chi connectivity index (χ1v) is 22.0. The van der Waals surface area contributed by atoms with Gasteiger partial charge in [0.25, 0.3) is 0 Å². The normalized spacial score (nSPS) is 24.8.